The van der Waals surface area contributed by atoms with Crippen molar-refractivity contribution in [2.24, 2.45) is 7.05 Å². The summed E-state index contributed by atoms with van der Waals surface area (Å²) in [6, 6.07) is 6.89. The normalized spacial score (nSPS) is 12.0. The van der Waals surface area contributed by atoms with Crippen molar-refractivity contribution in [3.8, 4) is 5.75 Å². The number of rotatable bonds is 9. The Bertz CT molecular complexity index is 1180. The number of carbonyl (C=O) groups is 2. The molecule has 0 saturated heterocycles. The number of allylic oxidation sites excluding steroid dienone is 4. The summed E-state index contributed by atoms with van der Waals surface area (Å²) in [5.74, 6) is -1.47. The minimum absolute atomic E-state index is 0.288. The molecule has 0 aliphatic rings. The fourth-order valence-corrected chi connectivity index (χ4v) is 3.29. The number of aliphatic carboxylic acids is 1. The molecule has 0 spiro atoms. The minimum Gasteiger partial charge on any atom is -0.505 e. The second-order valence-corrected chi connectivity index (χ2v) is 7.79. The van der Waals surface area contributed by atoms with E-state index < -0.39 is 23.6 Å². The zero-order valence-electron chi connectivity index (χ0n) is 19.0. The van der Waals surface area contributed by atoms with Gasteiger partial charge in [-0.2, -0.15) is 0 Å². The number of urea groups is 1. The quantitative estimate of drug-likeness (QED) is 0.430. The van der Waals surface area contributed by atoms with Gasteiger partial charge < -0.3 is 25.4 Å². The summed E-state index contributed by atoms with van der Waals surface area (Å²) in [6.07, 6.45) is 3.74. The predicted molar refractivity (Wildman–Crippen MR) is 128 cm³/mol. The van der Waals surface area contributed by atoms with Crippen LogP contribution in [-0.4, -0.2) is 26.8 Å². The van der Waals surface area contributed by atoms with E-state index in [9.17, 15) is 24.6 Å². The second-order valence-electron chi connectivity index (χ2n) is 7.79. The van der Waals surface area contributed by atoms with E-state index in [4.69, 9.17) is 0 Å². The Morgan fingerprint density at radius 2 is 1.97 bits per heavy atom. The van der Waals surface area contributed by atoms with Gasteiger partial charge in [-0.1, -0.05) is 55.1 Å². The number of carboxylic acids is 1. The number of hydrogen-bond acceptors (Lipinski definition) is 4. The minimum atomic E-state index is -1.10. The number of hydrogen-bond donors (Lipinski definition) is 4. The molecule has 0 bridgehead atoms. The maximum absolute atomic E-state index is 12.6. The van der Waals surface area contributed by atoms with E-state index in [1.54, 1.807) is 25.1 Å². The molecular weight excluding hydrogens is 422 g/mol. The van der Waals surface area contributed by atoms with Crippen molar-refractivity contribution < 1.29 is 19.8 Å². The van der Waals surface area contributed by atoms with E-state index in [0.717, 1.165) is 16.7 Å². The Balaban J connectivity index is 2.30. The number of pyridine rings is 1. The van der Waals surface area contributed by atoms with Gasteiger partial charge in [0.2, 0.25) is 0 Å². The number of amides is 2. The molecule has 2 amide bonds. The first-order chi connectivity index (χ1) is 15.5. The van der Waals surface area contributed by atoms with Crippen LogP contribution in [0.3, 0.4) is 0 Å². The zero-order chi connectivity index (χ0) is 24.7. The highest BCUT2D eigenvalue weighted by atomic mass is 16.4. The first-order valence-corrected chi connectivity index (χ1v) is 10.3. The van der Waals surface area contributed by atoms with Crippen LogP contribution in [0.5, 0.6) is 5.75 Å². The van der Waals surface area contributed by atoms with Gasteiger partial charge in [-0.25, -0.2) is 4.79 Å². The molecule has 0 saturated carbocycles. The third kappa shape index (κ3) is 6.70. The monoisotopic (exact) mass is 451 g/mol. The van der Waals surface area contributed by atoms with E-state index in [1.807, 2.05) is 25.1 Å². The van der Waals surface area contributed by atoms with Crippen LogP contribution >= 0.6 is 0 Å². The van der Waals surface area contributed by atoms with Gasteiger partial charge in [0.05, 0.1) is 12.5 Å². The Morgan fingerprint density at radius 3 is 2.58 bits per heavy atom. The summed E-state index contributed by atoms with van der Waals surface area (Å²) in [5, 5.41) is 24.4. The molecule has 0 fully saturated rings. The molecule has 8 nitrogen and oxygen atoms in total. The molecule has 0 aliphatic carbocycles. The molecule has 2 rings (SSSR count). The molecule has 1 aromatic carbocycles. The molecule has 1 heterocycles. The number of anilines is 1. The number of nitrogens with one attached hydrogen (secondary N) is 2. The first kappa shape index (κ1) is 25.2. The van der Waals surface area contributed by atoms with Gasteiger partial charge in [-0.05, 0) is 37.0 Å². The lowest BCUT2D eigenvalue weighted by molar-refractivity contribution is -0.137. The molecule has 0 radical (unpaired) electrons. The molecular formula is C25H29N3O5. The topological polar surface area (TPSA) is 121 Å². The fraction of sp³-hybridized carbons (Fsp3) is 0.240. The summed E-state index contributed by atoms with van der Waals surface area (Å²) in [4.78, 5) is 36.4. The van der Waals surface area contributed by atoms with Gasteiger partial charge in [0.15, 0.2) is 5.69 Å². The SMILES string of the molecule is C=C/C=C(/Cc1cccc(C(CC(=O)O)NC(=O)Nc2c(O)cc(C)n(C)c2=O)c1)C(=C)C. The highest BCUT2D eigenvalue weighted by molar-refractivity contribution is 5.91. The molecule has 8 heteroatoms. The van der Waals surface area contributed by atoms with Crippen LogP contribution in [0.4, 0.5) is 10.5 Å². The fourth-order valence-electron chi connectivity index (χ4n) is 3.29. The number of nitrogens with zero attached hydrogens (tertiary/aromatic N) is 1. The Hall–Kier alpha value is -4.07. The van der Waals surface area contributed by atoms with Crippen molar-refractivity contribution in [1.29, 1.82) is 0 Å². The van der Waals surface area contributed by atoms with E-state index >= 15 is 0 Å². The molecule has 33 heavy (non-hydrogen) atoms. The number of aryl methyl sites for hydroxylation is 1. The average Bonchev–Trinajstić information content (AvgIpc) is 2.74. The Labute approximate surface area is 192 Å². The molecule has 174 valence electrons. The number of aromatic hydroxyl groups is 1. The first-order valence-electron chi connectivity index (χ1n) is 10.3. The lowest BCUT2D eigenvalue weighted by atomic mass is 9.95. The van der Waals surface area contributed by atoms with Crippen molar-refractivity contribution in [2.45, 2.75) is 32.7 Å². The van der Waals surface area contributed by atoms with Crippen molar-refractivity contribution in [3.05, 3.63) is 94.0 Å². The Morgan fingerprint density at radius 1 is 1.27 bits per heavy atom. The van der Waals surface area contributed by atoms with E-state index in [2.05, 4.69) is 23.8 Å². The van der Waals surface area contributed by atoms with Crippen molar-refractivity contribution in [2.75, 3.05) is 5.32 Å². The highest BCUT2D eigenvalue weighted by Gasteiger charge is 2.21. The van der Waals surface area contributed by atoms with E-state index in [-0.39, 0.29) is 17.9 Å². The summed E-state index contributed by atoms with van der Waals surface area (Å²) in [7, 11) is 1.51. The maximum atomic E-state index is 12.6. The molecule has 1 aromatic heterocycles. The second kappa shape index (κ2) is 11.0. The summed E-state index contributed by atoms with van der Waals surface area (Å²) < 4.78 is 1.28. The van der Waals surface area contributed by atoms with Gasteiger partial charge in [-0.3, -0.25) is 9.59 Å². The summed E-state index contributed by atoms with van der Waals surface area (Å²) in [5.41, 5.74) is 3.01. The number of benzene rings is 1. The number of aromatic nitrogens is 1. The van der Waals surface area contributed by atoms with Crippen molar-refractivity contribution >= 4 is 17.7 Å². The number of carboxylic acid groups (broad SMARTS) is 1. The van der Waals surface area contributed by atoms with Crippen LogP contribution < -0.4 is 16.2 Å². The van der Waals surface area contributed by atoms with Crippen LogP contribution in [0.1, 0.15) is 36.2 Å². The lowest BCUT2D eigenvalue weighted by Crippen LogP contribution is -2.36. The van der Waals surface area contributed by atoms with Crippen LogP contribution in [0.2, 0.25) is 0 Å². The third-order valence-electron chi connectivity index (χ3n) is 5.19. The summed E-state index contributed by atoms with van der Waals surface area (Å²) in [6.45, 7) is 11.2. The maximum Gasteiger partial charge on any atom is 0.319 e. The zero-order valence-corrected chi connectivity index (χ0v) is 19.0. The van der Waals surface area contributed by atoms with Crippen LogP contribution in [0.25, 0.3) is 0 Å². The molecule has 1 atom stereocenters. The predicted octanol–water partition coefficient (Wildman–Crippen LogP) is 3.97. The summed E-state index contributed by atoms with van der Waals surface area (Å²) >= 11 is 0. The smallest absolute Gasteiger partial charge is 0.319 e. The van der Waals surface area contributed by atoms with Crippen molar-refractivity contribution in [3.63, 3.8) is 0 Å². The lowest BCUT2D eigenvalue weighted by Gasteiger charge is -2.19. The van der Waals surface area contributed by atoms with Gasteiger partial charge in [0, 0.05) is 18.8 Å². The molecule has 4 N–H and O–H groups in total. The van der Waals surface area contributed by atoms with E-state index in [0.29, 0.717) is 17.7 Å². The average molecular weight is 452 g/mol. The molecule has 1 unspecified atom stereocenters. The Kier molecular flexibility index (Phi) is 8.39. The third-order valence-corrected chi connectivity index (χ3v) is 5.19. The highest BCUT2D eigenvalue weighted by Crippen LogP contribution is 2.23. The van der Waals surface area contributed by atoms with Gasteiger partial charge in [0.1, 0.15) is 5.75 Å². The van der Waals surface area contributed by atoms with Crippen LogP contribution in [0.15, 0.2) is 71.6 Å². The van der Waals surface area contributed by atoms with E-state index in [1.165, 1.54) is 17.7 Å². The number of carbonyl (C=O) groups excluding carboxylic acids is 1. The standard InChI is InChI=1S/C25H29N3O5/c1-6-8-18(15(2)3)12-17-9-7-10-19(13-17)20(14-22(30)31)26-25(33)27-23-21(29)11-16(4)28(5)24(23)32/h6-11,13,20,29H,1-2,12,14H2,3-5H3,(H,30,31)(H2,26,27,33)/b18-8-. The van der Waals surface area contributed by atoms with Crippen LogP contribution in [-0.2, 0) is 18.3 Å². The van der Waals surface area contributed by atoms with Crippen molar-refractivity contribution in [1.82, 2.24) is 9.88 Å². The van der Waals surface area contributed by atoms with Gasteiger partial charge >= 0.3 is 12.0 Å². The van der Waals surface area contributed by atoms with Crippen LogP contribution in [0, 0.1) is 6.92 Å². The molecule has 0 aliphatic heterocycles. The molecule has 2 aromatic rings. The van der Waals surface area contributed by atoms with Gasteiger partial charge in [-0.15, -0.1) is 0 Å². The largest absolute Gasteiger partial charge is 0.505 e. The van der Waals surface area contributed by atoms with Gasteiger partial charge in [0.25, 0.3) is 5.56 Å².